The molecule has 0 radical (unpaired) electrons. The number of benzene rings is 3. The minimum absolute atomic E-state index is 0.104. The highest BCUT2D eigenvalue weighted by atomic mass is 16.4. The number of hydrogen-bond acceptors (Lipinski definition) is 2. The number of carboxylic acids is 1. The van der Waals surface area contributed by atoms with Crippen LogP contribution < -0.4 is 5.32 Å². The second-order valence-corrected chi connectivity index (χ2v) is 7.04. The fraction of sp³-hybridized carbons (Fsp3) is 0.154. The van der Waals surface area contributed by atoms with Gasteiger partial charge in [-0.05, 0) is 53.8 Å². The van der Waals surface area contributed by atoms with Crippen LogP contribution in [-0.2, 0) is 4.79 Å². The zero-order valence-corrected chi connectivity index (χ0v) is 16.8. The van der Waals surface area contributed by atoms with E-state index in [0.717, 1.165) is 24.8 Å². The first kappa shape index (κ1) is 21.1. The maximum absolute atomic E-state index is 12.0. The van der Waals surface area contributed by atoms with Gasteiger partial charge in [0.2, 0.25) is 5.91 Å². The van der Waals surface area contributed by atoms with Crippen molar-refractivity contribution in [3.63, 3.8) is 0 Å². The molecule has 1 amide bonds. The molecule has 3 rings (SSSR count). The van der Waals surface area contributed by atoms with Crippen LogP contribution in [-0.4, -0.2) is 17.0 Å². The minimum Gasteiger partial charge on any atom is -0.478 e. The van der Waals surface area contributed by atoms with Gasteiger partial charge in [0, 0.05) is 6.42 Å². The van der Waals surface area contributed by atoms with Crippen LogP contribution in [0.3, 0.4) is 0 Å². The van der Waals surface area contributed by atoms with Gasteiger partial charge in [0.05, 0.1) is 11.3 Å². The zero-order valence-electron chi connectivity index (χ0n) is 16.8. The van der Waals surface area contributed by atoms with Crippen LogP contribution in [0.4, 0.5) is 5.69 Å². The Morgan fingerprint density at radius 3 is 2.47 bits per heavy atom. The molecular weight excluding hydrogens is 374 g/mol. The molecule has 4 nitrogen and oxygen atoms in total. The maximum Gasteiger partial charge on any atom is 0.337 e. The van der Waals surface area contributed by atoms with E-state index in [0.29, 0.717) is 12.1 Å². The van der Waals surface area contributed by atoms with E-state index in [1.54, 1.807) is 18.2 Å². The second kappa shape index (κ2) is 10.8. The summed E-state index contributed by atoms with van der Waals surface area (Å²) < 4.78 is 0. The summed E-state index contributed by atoms with van der Waals surface area (Å²) in [5.74, 6) is -1.21. The van der Waals surface area contributed by atoms with E-state index in [9.17, 15) is 9.59 Å². The third kappa shape index (κ3) is 6.17. The monoisotopic (exact) mass is 399 g/mol. The predicted octanol–water partition coefficient (Wildman–Crippen LogP) is 6.31. The molecule has 2 N–H and O–H groups in total. The number of amides is 1. The molecule has 0 atom stereocenters. The lowest BCUT2D eigenvalue weighted by atomic mass is 10.1. The van der Waals surface area contributed by atoms with Gasteiger partial charge in [-0.2, -0.15) is 0 Å². The standard InChI is InChI=1S/C26H25NO3/c28-25(27-24-15-10-9-14-23(24)26(29)30)16-6-4-2-1-3-5-11-20-17-18-21-12-7-8-13-22(21)19-20/h1,3,5,7-15,17-19H,2,4,6,16H2,(H,27,28)(H,29,30). The van der Waals surface area contributed by atoms with Crippen LogP contribution in [0.15, 0.2) is 85.0 Å². The topological polar surface area (TPSA) is 66.4 Å². The number of carbonyl (C=O) groups is 2. The number of hydrogen-bond donors (Lipinski definition) is 2. The summed E-state index contributed by atoms with van der Waals surface area (Å²) in [6.45, 7) is 0. The molecule has 30 heavy (non-hydrogen) atoms. The lowest BCUT2D eigenvalue weighted by Crippen LogP contribution is -2.14. The van der Waals surface area contributed by atoms with Crippen LogP contribution in [0.2, 0.25) is 0 Å². The third-order valence-corrected chi connectivity index (χ3v) is 4.77. The van der Waals surface area contributed by atoms with E-state index in [2.05, 4.69) is 47.8 Å². The van der Waals surface area contributed by atoms with Gasteiger partial charge in [0.15, 0.2) is 0 Å². The summed E-state index contributed by atoms with van der Waals surface area (Å²) in [7, 11) is 0. The highest BCUT2D eigenvalue weighted by Gasteiger charge is 2.11. The van der Waals surface area contributed by atoms with Crippen LogP contribution in [0.25, 0.3) is 16.8 Å². The largest absolute Gasteiger partial charge is 0.478 e. The molecule has 0 aromatic heterocycles. The van der Waals surface area contributed by atoms with Gasteiger partial charge in [0.25, 0.3) is 0 Å². The molecule has 0 unspecified atom stereocenters. The van der Waals surface area contributed by atoms with Crippen LogP contribution >= 0.6 is 0 Å². The number of carbonyl (C=O) groups excluding carboxylic acids is 1. The van der Waals surface area contributed by atoms with Gasteiger partial charge in [-0.3, -0.25) is 4.79 Å². The third-order valence-electron chi connectivity index (χ3n) is 4.77. The molecule has 0 aliphatic heterocycles. The first-order valence-electron chi connectivity index (χ1n) is 10.1. The van der Waals surface area contributed by atoms with Gasteiger partial charge < -0.3 is 10.4 Å². The molecule has 0 saturated carbocycles. The minimum atomic E-state index is -1.05. The predicted molar refractivity (Wildman–Crippen MR) is 123 cm³/mol. The fourth-order valence-electron chi connectivity index (χ4n) is 3.19. The number of nitrogens with one attached hydrogen (secondary N) is 1. The van der Waals surface area contributed by atoms with Crippen molar-refractivity contribution in [3.8, 4) is 0 Å². The number of rotatable bonds is 9. The van der Waals surface area contributed by atoms with Gasteiger partial charge in [0.1, 0.15) is 0 Å². The number of anilines is 1. The molecule has 4 heteroatoms. The lowest BCUT2D eigenvalue weighted by Gasteiger charge is -2.07. The zero-order chi connectivity index (χ0) is 21.2. The van der Waals surface area contributed by atoms with Gasteiger partial charge in [-0.15, -0.1) is 0 Å². The van der Waals surface area contributed by atoms with E-state index in [1.165, 1.54) is 16.8 Å². The molecule has 0 aliphatic carbocycles. The SMILES string of the molecule is O=C(CCCCC=CC=Cc1ccc2ccccc2c1)Nc1ccccc1C(=O)O. The number of fused-ring (bicyclic) bond motifs is 1. The quantitative estimate of drug-likeness (QED) is 0.327. The van der Waals surface area contributed by atoms with Crippen molar-refractivity contribution in [2.45, 2.75) is 25.7 Å². The van der Waals surface area contributed by atoms with E-state index < -0.39 is 5.97 Å². The molecule has 0 heterocycles. The van der Waals surface area contributed by atoms with Gasteiger partial charge >= 0.3 is 5.97 Å². The molecule has 0 saturated heterocycles. The van der Waals surface area contributed by atoms with Crippen molar-refractivity contribution < 1.29 is 14.7 Å². The van der Waals surface area contributed by atoms with Crippen molar-refractivity contribution in [2.75, 3.05) is 5.32 Å². The van der Waals surface area contributed by atoms with E-state index in [-0.39, 0.29) is 11.5 Å². The van der Waals surface area contributed by atoms with E-state index in [4.69, 9.17) is 5.11 Å². The van der Waals surface area contributed by atoms with Crippen LogP contribution in [0.5, 0.6) is 0 Å². The smallest absolute Gasteiger partial charge is 0.337 e. The first-order chi connectivity index (χ1) is 14.6. The normalized spacial score (nSPS) is 11.3. The molecule has 0 bridgehead atoms. The van der Waals surface area contributed by atoms with E-state index >= 15 is 0 Å². The number of para-hydroxylation sites is 1. The summed E-state index contributed by atoms with van der Waals surface area (Å²) >= 11 is 0. The van der Waals surface area contributed by atoms with Crippen LogP contribution in [0.1, 0.15) is 41.6 Å². The van der Waals surface area contributed by atoms with Crippen molar-refractivity contribution in [1.29, 1.82) is 0 Å². The Balaban J connectivity index is 1.37. The van der Waals surface area contributed by atoms with E-state index in [1.807, 2.05) is 24.3 Å². The molecule has 0 aliphatic rings. The fourth-order valence-corrected chi connectivity index (χ4v) is 3.19. The summed E-state index contributed by atoms with van der Waals surface area (Å²) in [5, 5.41) is 14.3. The summed E-state index contributed by atoms with van der Waals surface area (Å²) in [6, 6.07) is 21.1. The summed E-state index contributed by atoms with van der Waals surface area (Å²) in [6.07, 6.45) is 11.1. The van der Waals surface area contributed by atoms with Crippen molar-refractivity contribution in [1.82, 2.24) is 0 Å². The average Bonchev–Trinajstić information content (AvgIpc) is 2.75. The maximum atomic E-state index is 12.0. The Kier molecular flexibility index (Phi) is 7.56. The Hall–Kier alpha value is -3.66. The van der Waals surface area contributed by atoms with Crippen molar-refractivity contribution >= 4 is 34.4 Å². The average molecular weight is 399 g/mol. The highest BCUT2D eigenvalue weighted by Crippen LogP contribution is 2.17. The molecule has 3 aromatic carbocycles. The van der Waals surface area contributed by atoms with Crippen LogP contribution in [0, 0.1) is 0 Å². The molecule has 152 valence electrons. The molecule has 0 spiro atoms. The van der Waals surface area contributed by atoms with Gasteiger partial charge in [-0.1, -0.05) is 72.8 Å². The number of carboxylic acid groups (broad SMARTS) is 1. The number of unbranched alkanes of at least 4 members (excludes halogenated alkanes) is 2. The Morgan fingerprint density at radius 2 is 1.63 bits per heavy atom. The lowest BCUT2D eigenvalue weighted by molar-refractivity contribution is -0.116. The van der Waals surface area contributed by atoms with Crippen molar-refractivity contribution in [2.24, 2.45) is 0 Å². The summed E-state index contributed by atoms with van der Waals surface area (Å²) in [4.78, 5) is 23.2. The number of allylic oxidation sites excluding steroid dienone is 3. The van der Waals surface area contributed by atoms with Crippen molar-refractivity contribution in [3.05, 3.63) is 96.1 Å². The van der Waals surface area contributed by atoms with Gasteiger partial charge in [-0.25, -0.2) is 4.79 Å². The number of aromatic carboxylic acids is 1. The Bertz CT molecular complexity index is 1080. The first-order valence-corrected chi connectivity index (χ1v) is 10.1. The molecular formula is C26H25NO3. The Morgan fingerprint density at radius 1 is 0.867 bits per heavy atom. The summed E-state index contributed by atoms with van der Waals surface area (Å²) in [5.41, 5.74) is 1.61. The highest BCUT2D eigenvalue weighted by molar-refractivity contribution is 6.00. The second-order valence-electron chi connectivity index (χ2n) is 7.04. The molecule has 3 aromatic rings. The molecule has 0 fully saturated rings. The Labute approximate surface area is 176 Å².